The molecule has 3 rings (SSSR count). The van der Waals surface area contributed by atoms with Crippen molar-refractivity contribution in [1.29, 1.82) is 0 Å². The molecule has 2 N–H and O–H groups in total. The standard InChI is InChI=1S/C17H17BrN2O2S2/c1-22-16(21)14-10-6-2-5-9-13(10)24-15(14)20-17(23)19-12-8-4-3-7-11(12)18/h3-4,7-8H,2,5-6,9H2,1H3,(H2,19,20,23). The fraction of sp³-hybridized carbons (Fsp3) is 0.294. The number of thiocarbonyl (C=S) groups is 1. The summed E-state index contributed by atoms with van der Waals surface area (Å²) in [5.41, 5.74) is 2.62. The van der Waals surface area contributed by atoms with Crippen molar-refractivity contribution in [1.82, 2.24) is 0 Å². The summed E-state index contributed by atoms with van der Waals surface area (Å²) in [5, 5.41) is 7.54. The van der Waals surface area contributed by atoms with Crippen LogP contribution in [0.15, 0.2) is 28.7 Å². The largest absolute Gasteiger partial charge is 0.465 e. The van der Waals surface area contributed by atoms with Gasteiger partial charge in [0.05, 0.1) is 18.4 Å². The number of nitrogens with one attached hydrogen (secondary N) is 2. The fourth-order valence-electron chi connectivity index (χ4n) is 2.79. The Balaban J connectivity index is 1.84. The molecule has 0 unspecified atom stereocenters. The first kappa shape index (κ1) is 17.4. The van der Waals surface area contributed by atoms with Gasteiger partial charge in [0.25, 0.3) is 0 Å². The van der Waals surface area contributed by atoms with Gasteiger partial charge in [-0.15, -0.1) is 11.3 Å². The van der Waals surface area contributed by atoms with Gasteiger partial charge in [-0.3, -0.25) is 0 Å². The Morgan fingerprint density at radius 3 is 2.75 bits per heavy atom. The van der Waals surface area contributed by atoms with E-state index in [-0.39, 0.29) is 5.97 Å². The van der Waals surface area contributed by atoms with Gasteiger partial charge in [0.15, 0.2) is 5.11 Å². The van der Waals surface area contributed by atoms with Crippen molar-refractivity contribution in [2.75, 3.05) is 17.7 Å². The Bertz CT molecular complexity index is 789. The molecule has 1 aliphatic rings. The van der Waals surface area contributed by atoms with Gasteiger partial charge in [-0.25, -0.2) is 4.79 Å². The predicted molar refractivity (Wildman–Crippen MR) is 106 cm³/mol. The molecule has 4 nitrogen and oxygen atoms in total. The van der Waals surface area contributed by atoms with Gasteiger partial charge >= 0.3 is 5.97 Å². The third-order valence-electron chi connectivity index (χ3n) is 3.91. The first-order valence-electron chi connectivity index (χ1n) is 7.65. The zero-order valence-electron chi connectivity index (χ0n) is 13.1. The van der Waals surface area contributed by atoms with Crippen LogP contribution in [0, 0.1) is 0 Å². The number of ether oxygens (including phenoxy) is 1. The maximum atomic E-state index is 12.2. The van der Waals surface area contributed by atoms with E-state index in [9.17, 15) is 4.79 Å². The van der Waals surface area contributed by atoms with Gasteiger partial charge in [0, 0.05) is 9.35 Å². The summed E-state index contributed by atoms with van der Waals surface area (Å²) in [6.45, 7) is 0. The number of benzene rings is 1. The average molecular weight is 425 g/mol. The van der Waals surface area contributed by atoms with Gasteiger partial charge in [0.1, 0.15) is 5.00 Å². The summed E-state index contributed by atoms with van der Waals surface area (Å²) in [6, 6.07) is 7.74. The molecule has 2 aromatic rings. The zero-order chi connectivity index (χ0) is 17.1. The molecular formula is C17H17BrN2O2S2. The Morgan fingerprint density at radius 1 is 1.25 bits per heavy atom. The van der Waals surface area contributed by atoms with Crippen molar-refractivity contribution in [3.63, 3.8) is 0 Å². The highest BCUT2D eigenvalue weighted by molar-refractivity contribution is 9.10. The molecule has 0 saturated carbocycles. The number of carbonyl (C=O) groups is 1. The molecule has 1 aliphatic carbocycles. The van der Waals surface area contributed by atoms with Crippen LogP contribution in [0.5, 0.6) is 0 Å². The number of anilines is 2. The highest BCUT2D eigenvalue weighted by atomic mass is 79.9. The molecule has 1 aromatic heterocycles. The summed E-state index contributed by atoms with van der Waals surface area (Å²) >= 11 is 10.5. The number of esters is 1. The number of hydrogen-bond donors (Lipinski definition) is 2. The molecule has 1 aromatic carbocycles. The number of hydrogen-bond acceptors (Lipinski definition) is 4. The van der Waals surface area contributed by atoms with Crippen LogP contribution < -0.4 is 10.6 Å². The molecule has 24 heavy (non-hydrogen) atoms. The molecule has 0 bridgehead atoms. The molecular weight excluding hydrogens is 408 g/mol. The van der Waals surface area contributed by atoms with Gasteiger partial charge in [-0.2, -0.15) is 0 Å². The van der Waals surface area contributed by atoms with E-state index in [1.54, 1.807) is 11.3 Å². The number of para-hydroxylation sites is 1. The third kappa shape index (κ3) is 3.63. The SMILES string of the molecule is COC(=O)c1c(NC(=S)Nc2ccccc2Br)sc2c1CCCC2. The predicted octanol–water partition coefficient (Wildman–Crippen LogP) is 4.98. The molecule has 0 atom stereocenters. The highest BCUT2D eigenvalue weighted by Gasteiger charge is 2.26. The number of thiophene rings is 1. The van der Waals surface area contributed by atoms with Crippen molar-refractivity contribution in [2.45, 2.75) is 25.7 Å². The second-order valence-electron chi connectivity index (χ2n) is 5.47. The number of halogens is 1. The van der Waals surface area contributed by atoms with Crippen LogP contribution in [-0.2, 0) is 17.6 Å². The number of carbonyl (C=O) groups excluding carboxylic acids is 1. The monoisotopic (exact) mass is 424 g/mol. The smallest absolute Gasteiger partial charge is 0.341 e. The van der Waals surface area contributed by atoms with Crippen LogP contribution in [0.4, 0.5) is 10.7 Å². The summed E-state index contributed by atoms with van der Waals surface area (Å²) < 4.78 is 5.90. The molecule has 0 spiro atoms. The van der Waals surface area contributed by atoms with Gasteiger partial charge in [0.2, 0.25) is 0 Å². The first-order chi connectivity index (χ1) is 11.6. The molecule has 7 heteroatoms. The van der Waals surface area contributed by atoms with Crippen molar-refractivity contribution in [2.24, 2.45) is 0 Å². The maximum Gasteiger partial charge on any atom is 0.341 e. The topological polar surface area (TPSA) is 50.4 Å². The van der Waals surface area contributed by atoms with Crippen LogP contribution in [0.3, 0.4) is 0 Å². The lowest BCUT2D eigenvalue weighted by atomic mass is 9.95. The Kier molecular flexibility index (Phi) is 5.53. The summed E-state index contributed by atoms with van der Waals surface area (Å²) in [6.07, 6.45) is 4.19. The van der Waals surface area contributed by atoms with E-state index in [0.717, 1.165) is 46.4 Å². The van der Waals surface area contributed by atoms with Crippen molar-refractivity contribution >= 4 is 61.3 Å². The Morgan fingerprint density at radius 2 is 2.00 bits per heavy atom. The van der Waals surface area contributed by atoms with E-state index in [2.05, 4.69) is 26.6 Å². The summed E-state index contributed by atoms with van der Waals surface area (Å²) in [4.78, 5) is 13.5. The minimum absolute atomic E-state index is 0.305. The normalized spacial score (nSPS) is 13.1. The second-order valence-corrected chi connectivity index (χ2v) is 7.83. The molecule has 0 saturated heterocycles. The quantitative estimate of drug-likeness (QED) is 0.536. The van der Waals surface area contributed by atoms with E-state index in [4.69, 9.17) is 17.0 Å². The highest BCUT2D eigenvalue weighted by Crippen LogP contribution is 2.38. The van der Waals surface area contributed by atoms with Gasteiger partial charge in [-0.1, -0.05) is 12.1 Å². The van der Waals surface area contributed by atoms with E-state index in [0.29, 0.717) is 10.7 Å². The van der Waals surface area contributed by atoms with Gasteiger partial charge < -0.3 is 15.4 Å². The number of aryl methyl sites for hydroxylation is 1. The Labute approximate surface area is 158 Å². The molecule has 0 amide bonds. The van der Waals surface area contributed by atoms with Crippen LogP contribution >= 0.6 is 39.5 Å². The minimum Gasteiger partial charge on any atom is -0.465 e. The molecule has 0 radical (unpaired) electrons. The van der Waals surface area contributed by atoms with Crippen LogP contribution in [0.1, 0.15) is 33.6 Å². The third-order valence-corrected chi connectivity index (χ3v) is 6.01. The van der Waals surface area contributed by atoms with Crippen molar-refractivity contribution < 1.29 is 9.53 Å². The van der Waals surface area contributed by atoms with E-state index >= 15 is 0 Å². The van der Waals surface area contributed by atoms with E-state index in [1.807, 2.05) is 24.3 Å². The fourth-order valence-corrected chi connectivity index (χ4v) is 4.73. The minimum atomic E-state index is -0.305. The van der Waals surface area contributed by atoms with E-state index < -0.39 is 0 Å². The lowest BCUT2D eigenvalue weighted by Gasteiger charge is -2.13. The lowest BCUT2D eigenvalue weighted by molar-refractivity contribution is 0.0601. The van der Waals surface area contributed by atoms with Crippen molar-refractivity contribution in [3.05, 3.63) is 44.7 Å². The second kappa shape index (κ2) is 7.63. The van der Waals surface area contributed by atoms with Crippen LogP contribution in [0.2, 0.25) is 0 Å². The van der Waals surface area contributed by atoms with Crippen molar-refractivity contribution in [3.8, 4) is 0 Å². The number of fused-ring (bicyclic) bond motifs is 1. The maximum absolute atomic E-state index is 12.2. The molecule has 0 aliphatic heterocycles. The number of rotatable bonds is 3. The van der Waals surface area contributed by atoms with E-state index in [1.165, 1.54) is 12.0 Å². The summed E-state index contributed by atoms with van der Waals surface area (Å²) in [7, 11) is 1.41. The average Bonchev–Trinajstić information content (AvgIpc) is 2.94. The lowest BCUT2D eigenvalue weighted by Crippen LogP contribution is -2.20. The molecule has 0 fully saturated rings. The van der Waals surface area contributed by atoms with Gasteiger partial charge in [-0.05, 0) is 71.5 Å². The zero-order valence-corrected chi connectivity index (χ0v) is 16.4. The van der Waals surface area contributed by atoms with Crippen LogP contribution in [0.25, 0.3) is 0 Å². The Hall–Kier alpha value is -1.44. The first-order valence-corrected chi connectivity index (χ1v) is 9.67. The molecule has 1 heterocycles. The molecule has 126 valence electrons. The number of methoxy groups -OCH3 is 1. The summed E-state index contributed by atoms with van der Waals surface area (Å²) in [5.74, 6) is -0.305. The van der Waals surface area contributed by atoms with Crippen LogP contribution in [-0.4, -0.2) is 18.2 Å².